The summed E-state index contributed by atoms with van der Waals surface area (Å²) in [5.74, 6) is 0.604. The molecule has 0 aromatic heterocycles. The van der Waals surface area contributed by atoms with Crippen molar-refractivity contribution in [3.05, 3.63) is 83.2 Å². The molecule has 6 heteroatoms. The van der Waals surface area contributed by atoms with Gasteiger partial charge >= 0.3 is 5.97 Å². The number of rotatable bonds is 11. The topological polar surface area (TPSA) is 65.0 Å². The molecule has 4 rings (SSSR count). The summed E-state index contributed by atoms with van der Waals surface area (Å²) in [6.07, 6.45) is 1.98. The van der Waals surface area contributed by atoms with Crippen molar-refractivity contribution < 1.29 is 28.5 Å². The second-order valence-electron chi connectivity index (χ2n) is 11.2. The lowest BCUT2D eigenvalue weighted by molar-refractivity contribution is -0.137. The lowest BCUT2D eigenvalue weighted by atomic mass is 9.81. The van der Waals surface area contributed by atoms with Crippen LogP contribution in [0.4, 0.5) is 4.39 Å². The number of hydrogen-bond donors (Lipinski definition) is 1. The summed E-state index contributed by atoms with van der Waals surface area (Å²) < 4.78 is 32.4. The normalized spacial score (nSPS) is 15.1. The zero-order chi connectivity index (χ0) is 27.4. The molecular formula is C32H37FO5. The zero-order valence-electron chi connectivity index (χ0n) is 22.8. The van der Waals surface area contributed by atoms with Gasteiger partial charge in [-0.2, -0.15) is 0 Å². The minimum Gasteiger partial charge on any atom is -0.497 e. The van der Waals surface area contributed by atoms with Crippen molar-refractivity contribution in [2.24, 2.45) is 11.3 Å². The molecule has 5 nitrogen and oxygen atoms in total. The summed E-state index contributed by atoms with van der Waals surface area (Å²) in [4.78, 5) is 11.4. The van der Waals surface area contributed by atoms with Crippen LogP contribution in [0.5, 0.6) is 11.5 Å². The molecule has 38 heavy (non-hydrogen) atoms. The standard InChI is InChI=1S/C32H37FO5/c1-32(2,3)31(37-5)28-15-20(9-13-25(28)27-17-23(36-4)12-14-29(27)33)19-38-24-8-6-7-22(16-24)26(18-30(34)35)21-10-11-21/h6-9,12-17,21,26,31H,10-11,18-19H2,1-5H3,(H,34,35)/t26-,31-/m0/s1. The molecule has 2 atom stereocenters. The maximum atomic E-state index is 15.0. The van der Waals surface area contributed by atoms with Crippen molar-refractivity contribution in [1.29, 1.82) is 0 Å². The van der Waals surface area contributed by atoms with E-state index in [9.17, 15) is 14.3 Å². The lowest BCUT2D eigenvalue weighted by Gasteiger charge is -2.32. The number of ether oxygens (including phenoxy) is 3. The molecule has 0 radical (unpaired) electrons. The summed E-state index contributed by atoms with van der Waals surface area (Å²) in [5, 5.41) is 9.37. The number of carboxylic acid groups (broad SMARTS) is 1. The van der Waals surface area contributed by atoms with Gasteiger partial charge in [-0.15, -0.1) is 0 Å². The number of halogens is 1. The third-order valence-corrected chi connectivity index (χ3v) is 7.16. The third kappa shape index (κ3) is 6.54. The number of carbonyl (C=O) groups is 1. The first kappa shape index (κ1) is 27.6. The van der Waals surface area contributed by atoms with E-state index < -0.39 is 5.97 Å². The first-order valence-corrected chi connectivity index (χ1v) is 13.0. The van der Waals surface area contributed by atoms with Gasteiger partial charge in [-0.1, -0.05) is 45.0 Å². The highest BCUT2D eigenvalue weighted by atomic mass is 19.1. The fourth-order valence-corrected chi connectivity index (χ4v) is 5.19. The summed E-state index contributed by atoms with van der Waals surface area (Å²) in [7, 11) is 3.23. The summed E-state index contributed by atoms with van der Waals surface area (Å²) in [6, 6.07) is 18.4. The summed E-state index contributed by atoms with van der Waals surface area (Å²) >= 11 is 0. The van der Waals surface area contributed by atoms with E-state index in [2.05, 4.69) is 20.8 Å². The number of carboxylic acids is 1. The van der Waals surface area contributed by atoms with Crippen molar-refractivity contribution in [2.45, 2.75) is 58.7 Å². The first-order valence-electron chi connectivity index (χ1n) is 13.0. The molecule has 3 aromatic carbocycles. The Bertz CT molecular complexity index is 1280. The molecule has 0 saturated heterocycles. The van der Waals surface area contributed by atoms with Crippen LogP contribution < -0.4 is 9.47 Å². The predicted octanol–water partition coefficient (Wildman–Crippen LogP) is 7.78. The van der Waals surface area contributed by atoms with Crippen molar-refractivity contribution in [3.8, 4) is 22.6 Å². The van der Waals surface area contributed by atoms with Gasteiger partial charge in [0.15, 0.2) is 0 Å². The molecule has 0 unspecified atom stereocenters. The Morgan fingerprint density at radius 2 is 1.76 bits per heavy atom. The van der Waals surface area contributed by atoms with Crippen molar-refractivity contribution in [2.75, 3.05) is 14.2 Å². The molecule has 0 heterocycles. The van der Waals surface area contributed by atoms with Gasteiger partial charge in [0, 0.05) is 12.7 Å². The average molecular weight is 521 g/mol. The van der Waals surface area contributed by atoms with Crippen LogP contribution in [0.1, 0.15) is 68.7 Å². The molecule has 1 aliphatic carbocycles. The van der Waals surface area contributed by atoms with Gasteiger partial charge in [-0.05, 0) is 88.7 Å². The Balaban J connectivity index is 1.64. The largest absolute Gasteiger partial charge is 0.497 e. The van der Waals surface area contributed by atoms with Crippen LogP contribution in [0.3, 0.4) is 0 Å². The number of benzene rings is 3. The Hall–Kier alpha value is -3.38. The van der Waals surface area contributed by atoms with Crippen molar-refractivity contribution >= 4 is 5.97 Å². The highest BCUT2D eigenvalue weighted by Gasteiger charge is 2.34. The van der Waals surface area contributed by atoms with Gasteiger partial charge in [-0.3, -0.25) is 4.79 Å². The van der Waals surface area contributed by atoms with Gasteiger partial charge in [0.25, 0.3) is 0 Å². The zero-order valence-corrected chi connectivity index (χ0v) is 22.8. The van der Waals surface area contributed by atoms with E-state index in [4.69, 9.17) is 14.2 Å². The molecule has 0 aliphatic heterocycles. The van der Waals surface area contributed by atoms with Gasteiger partial charge in [0.05, 0.1) is 19.6 Å². The van der Waals surface area contributed by atoms with E-state index in [0.29, 0.717) is 29.6 Å². The van der Waals surface area contributed by atoms with Crippen LogP contribution in [-0.4, -0.2) is 25.3 Å². The Labute approximate surface area is 224 Å². The van der Waals surface area contributed by atoms with Crippen LogP contribution in [0.2, 0.25) is 0 Å². The minimum atomic E-state index is -0.778. The second kappa shape index (κ2) is 11.6. The van der Waals surface area contributed by atoms with Gasteiger partial charge in [0.2, 0.25) is 0 Å². The van der Waals surface area contributed by atoms with E-state index in [-0.39, 0.29) is 29.7 Å². The Morgan fingerprint density at radius 1 is 1.00 bits per heavy atom. The van der Waals surface area contributed by atoms with E-state index in [1.165, 1.54) is 6.07 Å². The fraction of sp³-hybridized carbons (Fsp3) is 0.406. The smallest absolute Gasteiger partial charge is 0.303 e. The highest BCUT2D eigenvalue weighted by molar-refractivity contribution is 5.71. The van der Waals surface area contributed by atoms with Crippen LogP contribution in [-0.2, 0) is 16.1 Å². The van der Waals surface area contributed by atoms with Crippen LogP contribution in [0, 0.1) is 17.2 Å². The Kier molecular flexibility index (Phi) is 8.41. The summed E-state index contributed by atoms with van der Waals surface area (Å²) in [6.45, 7) is 6.59. The Morgan fingerprint density at radius 3 is 2.39 bits per heavy atom. The molecule has 0 spiro atoms. The predicted molar refractivity (Wildman–Crippen MR) is 146 cm³/mol. The molecule has 0 bridgehead atoms. The monoisotopic (exact) mass is 520 g/mol. The number of hydrogen-bond acceptors (Lipinski definition) is 4. The SMILES string of the molecule is COc1ccc(F)c(-c2ccc(COc3cccc([C@@H](CC(=O)O)C4CC4)c3)cc2[C@H](OC)C(C)(C)C)c1. The maximum absolute atomic E-state index is 15.0. The van der Waals surface area contributed by atoms with Crippen LogP contribution >= 0.6 is 0 Å². The van der Waals surface area contributed by atoms with Crippen LogP contribution in [0.25, 0.3) is 11.1 Å². The number of aliphatic carboxylic acids is 1. The molecule has 1 N–H and O–H groups in total. The molecule has 0 amide bonds. The fourth-order valence-electron chi connectivity index (χ4n) is 5.19. The van der Waals surface area contributed by atoms with Crippen molar-refractivity contribution in [3.63, 3.8) is 0 Å². The summed E-state index contributed by atoms with van der Waals surface area (Å²) in [5.41, 5.74) is 3.76. The molecule has 1 saturated carbocycles. The van der Waals surface area contributed by atoms with E-state index in [0.717, 1.165) is 35.1 Å². The first-order chi connectivity index (χ1) is 18.1. The van der Waals surface area contributed by atoms with E-state index >= 15 is 0 Å². The average Bonchev–Trinajstić information content (AvgIpc) is 3.72. The van der Waals surface area contributed by atoms with Gasteiger partial charge in [0.1, 0.15) is 23.9 Å². The molecule has 1 fully saturated rings. The lowest BCUT2D eigenvalue weighted by Crippen LogP contribution is -2.21. The van der Waals surface area contributed by atoms with Gasteiger partial charge in [-0.25, -0.2) is 4.39 Å². The molecule has 3 aromatic rings. The maximum Gasteiger partial charge on any atom is 0.303 e. The van der Waals surface area contributed by atoms with Crippen LogP contribution in [0.15, 0.2) is 60.7 Å². The number of methoxy groups -OCH3 is 2. The second-order valence-corrected chi connectivity index (χ2v) is 11.2. The highest BCUT2D eigenvalue weighted by Crippen LogP contribution is 2.45. The van der Waals surface area contributed by atoms with Crippen molar-refractivity contribution in [1.82, 2.24) is 0 Å². The minimum absolute atomic E-state index is 0.00828. The quantitative estimate of drug-likeness (QED) is 0.280. The van der Waals surface area contributed by atoms with E-state index in [1.54, 1.807) is 26.4 Å². The van der Waals surface area contributed by atoms with E-state index in [1.807, 2.05) is 42.5 Å². The third-order valence-electron chi connectivity index (χ3n) is 7.16. The molecular weight excluding hydrogens is 483 g/mol. The molecule has 1 aliphatic rings. The molecule has 202 valence electrons. The van der Waals surface area contributed by atoms with Gasteiger partial charge < -0.3 is 19.3 Å².